The highest BCUT2D eigenvalue weighted by molar-refractivity contribution is 5.95. The lowest BCUT2D eigenvalue weighted by Crippen LogP contribution is -2.34. The molecule has 0 saturated carbocycles. The van der Waals surface area contributed by atoms with Gasteiger partial charge in [-0.2, -0.15) is 26.3 Å². The van der Waals surface area contributed by atoms with Gasteiger partial charge in [0.15, 0.2) is 0 Å². The highest BCUT2D eigenvalue weighted by atomic mass is 19.4. The zero-order chi connectivity index (χ0) is 25.4. The zero-order valence-electron chi connectivity index (χ0n) is 17.9. The summed E-state index contributed by atoms with van der Waals surface area (Å²) in [5.41, 5.74) is -2.63. The molecule has 11 heteroatoms. The Balaban J connectivity index is 1.77. The highest BCUT2D eigenvalue weighted by Gasteiger charge is 2.38. The van der Waals surface area contributed by atoms with E-state index in [-0.39, 0.29) is 38.1 Å². The van der Waals surface area contributed by atoms with E-state index in [0.717, 1.165) is 4.90 Å². The van der Waals surface area contributed by atoms with E-state index in [1.54, 1.807) is 12.1 Å². The van der Waals surface area contributed by atoms with Gasteiger partial charge in [-0.3, -0.25) is 4.79 Å². The Labute approximate surface area is 195 Å². The van der Waals surface area contributed by atoms with Crippen molar-refractivity contribution in [3.05, 3.63) is 82.8 Å². The van der Waals surface area contributed by atoms with Gasteiger partial charge < -0.3 is 9.64 Å². The molecule has 0 aliphatic carbocycles. The lowest BCUT2D eigenvalue weighted by Gasteiger charge is -2.28. The summed E-state index contributed by atoms with van der Waals surface area (Å²) >= 11 is 0. The Kier molecular flexibility index (Phi) is 6.44. The van der Waals surface area contributed by atoms with Crippen molar-refractivity contribution in [2.24, 2.45) is 0 Å². The van der Waals surface area contributed by atoms with E-state index in [9.17, 15) is 35.5 Å². The third-order valence-electron chi connectivity index (χ3n) is 5.43. The molecule has 1 amide bonds. The summed E-state index contributed by atoms with van der Waals surface area (Å²) in [5.74, 6) is -1.39. The summed E-state index contributed by atoms with van der Waals surface area (Å²) < 4.78 is 99.2. The summed E-state index contributed by atoms with van der Waals surface area (Å²) in [5, 5.41) is 0. The maximum atomic E-state index is 13.8. The lowest BCUT2D eigenvalue weighted by molar-refractivity contribution is -0.143. The van der Waals surface area contributed by atoms with Crippen LogP contribution < -0.4 is 4.74 Å². The number of halogens is 7. The largest absolute Gasteiger partial charge is 0.477 e. The molecular formula is C24H17F7N2O2. The third-order valence-corrected chi connectivity index (χ3v) is 5.43. The summed E-state index contributed by atoms with van der Waals surface area (Å²) in [6.07, 6.45) is -8.47. The minimum Gasteiger partial charge on any atom is -0.477 e. The van der Waals surface area contributed by atoms with Crippen LogP contribution in [0.25, 0.3) is 11.1 Å². The van der Waals surface area contributed by atoms with Gasteiger partial charge in [-0.25, -0.2) is 9.37 Å². The van der Waals surface area contributed by atoms with Crippen molar-refractivity contribution >= 4 is 5.91 Å². The molecule has 0 N–H and O–H groups in total. The monoisotopic (exact) mass is 498 g/mol. The number of hydrogen-bond donors (Lipinski definition) is 0. The Morgan fingerprint density at radius 1 is 0.943 bits per heavy atom. The van der Waals surface area contributed by atoms with Crippen LogP contribution in [0, 0.1) is 5.82 Å². The van der Waals surface area contributed by atoms with Crippen molar-refractivity contribution in [1.29, 1.82) is 0 Å². The molecule has 0 bridgehead atoms. The first-order valence-corrected chi connectivity index (χ1v) is 10.4. The number of aromatic nitrogens is 1. The average Bonchev–Trinajstić information content (AvgIpc) is 2.77. The average molecular weight is 498 g/mol. The van der Waals surface area contributed by atoms with E-state index in [0.29, 0.717) is 28.8 Å². The molecule has 4 nitrogen and oxygen atoms in total. The minimum atomic E-state index is -5.08. The van der Waals surface area contributed by atoms with Gasteiger partial charge in [0.2, 0.25) is 5.88 Å². The molecular weight excluding hydrogens is 481 g/mol. The number of amides is 1. The van der Waals surface area contributed by atoms with Gasteiger partial charge in [-0.1, -0.05) is 12.1 Å². The number of hydrogen-bond acceptors (Lipinski definition) is 3. The summed E-state index contributed by atoms with van der Waals surface area (Å²) in [6, 6.07) is 7.94. The number of carbonyl (C=O) groups is 1. The van der Waals surface area contributed by atoms with Gasteiger partial charge >= 0.3 is 12.4 Å². The van der Waals surface area contributed by atoms with Crippen LogP contribution in [-0.4, -0.2) is 28.9 Å². The Bertz CT molecular complexity index is 1220. The smallest absolute Gasteiger partial charge is 0.416 e. The molecule has 4 rings (SSSR count). The molecule has 184 valence electrons. The minimum absolute atomic E-state index is 0.00730. The molecule has 0 fully saturated rings. The van der Waals surface area contributed by atoms with Crippen LogP contribution in [-0.2, 0) is 18.9 Å². The summed E-state index contributed by atoms with van der Waals surface area (Å²) in [6.45, 7) is -0.106. The lowest BCUT2D eigenvalue weighted by atomic mass is 9.99. The van der Waals surface area contributed by atoms with Crippen molar-refractivity contribution < 1.29 is 40.3 Å². The van der Waals surface area contributed by atoms with E-state index in [1.807, 2.05) is 0 Å². The SMILES string of the molecule is O=C(c1cc(C(F)(F)F)cc(C(F)(F)F)c1)N1CCCOc2nccc(-c3cccc(F)c3)c2C1. The fourth-order valence-electron chi connectivity index (χ4n) is 3.81. The maximum Gasteiger partial charge on any atom is 0.416 e. The molecule has 0 saturated heterocycles. The van der Waals surface area contributed by atoms with Gasteiger partial charge in [-0.05, 0) is 53.9 Å². The molecule has 0 unspecified atom stereocenters. The second-order valence-electron chi connectivity index (χ2n) is 7.88. The summed E-state index contributed by atoms with van der Waals surface area (Å²) in [7, 11) is 0. The van der Waals surface area contributed by atoms with E-state index in [4.69, 9.17) is 4.74 Å². The number of ether oxygens (including phenoxy) is 1. The van der Waals surface area contributed by atoms with E-state index < -0.39 is 40.8 Å². The molecule has 2 heterocycles. The van der Waals surface area contributed by atoms with Crippen LogP contribution in [0.3, 0.4) is 0 Å². The first kappa shape index (κ1) is 24.5. The fraction of sp³-hybridized carbons (Fsp3) is 0.250. The second-order valence-corrected chi connectivity index (χ2v) is 7.88. The molecule has 0 radical (unpaired) electrons. The van der Waals surface area contributed by atoms with Crippen molar-refractivity contribution in [1.82, 2.24) is 9.88 Å². The van der Waals surface area contributed by atoms with Crippen molar-refractivity contribution in [3.8, 4) is 17.0 Å². The molecule has 0 atom stereocenters. The topological polar surface area (TPSA) is 42.4 Å². The van der Waals surface area contributed by atoms with E-state index in [1.165, 1.54) is 24.4 Å². The van der Waals surface area contributed by atoms with Gasteiger partial charge in [0, 0.05) is 23.9 Å². The number of nitrogens with zero attached hydrogens (tertiary/aromatic N) is 2. The standard InChI is InChI=1S/C24H17F7N2O2/c25-18-4-1-3-14(11-18)19-5-6-32-21-20(19)13-33(7-2-8-35-21)22(34)15-9-16(23(26,27)28)12-17(10-15)24(29,30)31/h1,3-6,9-12H,2,7-8,13H2. The first-order valence-electron chi connectivity index (χ1n) is 10.4. The molecule has 1 aliphatic rings. The van der Waals surface area contributed by atoms with Crippen LogP contribution in [0.4, 0.5) is 30.7 Å². The highest BCUT2D eigenvalue weighted by Crippen LogP contribution is 2.37. The third kappa shape index (κ3) is 5.39. The predicted molar refractivity (Wildman–Crippen MR) is 111 cm³/mol. The van der Waals surface area contributed by atoms with Crippen LogP contribution in [0.1, 0.15) is 33.5 Å². The molecule has 3 aromatic rings. The zero-order valence-corrected chi connectivity index (χ0v) is 17.9. The molecule has 1 aromatic heterocycles. The number of alkyl halides is 6. The number of benzene rings is 2. The second kappa shape index (κ2) is 9.20. The molecule has 2 aromatic carbocycles. The van der Waals surface area contributed by atoms with Crippen LogP contribution >= 0.6 is 0 Å². The molecule has 35 heavy (non-hydrogen) atoms. The van der Waals surface area contributed by atoms with Gasteiger partial charge in [0.1, 0.15) is 5.82 Å². The van der Waals surface area contributed by atoms with Crippen LogP contribution in [0.2, 0.25) is 0 Å². The number of pyridine rings is 1. The van der Waals surface area contributed by atoms with Gasteiger partial charge in [-0.15, -0.1) is 0 Å². The van der Waals surface area contributed by atoms with E-state index >= 15 is 0 Å². The first-order chi connectivity index (χ1) is 16.4. The number of fused-ring (bicyclic) bond motifs is 1. The number of carbonyl (C=O) groups excluding carboxylic acids is 1. The molecule has 1 aliphatic heterocycles. The Morgan fingerprint density at radius 3 is 2.26 bits per heavy atom. The van der Waals surface area contributed by atoms with Crippen molar-refractivity contribution in [2.45, 2.75) is 25.3 Å². The Morgan fingerprint density at radius 2 is 1.63 bits per heavy atom. The Hall–Kier alpha value is -3.63. The number of rotatable bonds is 2. The van der Waals surface area contributed by atoms with Crippen molar-refractivity contribution in [3.63, 3.8) is 0 Å². The normalized spacial score (nSPS) is 14.5. The maximum absolute atomic E-state index is 13.8. The van der Waals surface area contributed by atoms with Crippen LogP contribution in [0.15, 0.2) is 54.7 Å². The van der Waals surface area contributed by atoms with Gasteiger partial charge in [0.05, 0.1) is 24.3 Å². The van der Waals surface area contributed by atoms with Crippen molar-refractivity contribution in [2.75, 3.05) is 13.2 Å². The fourth-order valence-corrected chi connectivity index (χ4v) is 3.81. The van der Waals surface area contributed by atoms with E-state index in [2.05, 4.69) is 4.98 Å². The van der Waals surface area contributed by atoms with Crippen LogP contribution in [0.5, 0.6) is 5.88 Å². The van der Waals surface area contributed by atoms with Gasteiger partial charge in [0.25, 0.3) is 5.91 Å². The quantitative estimate of drug-likeness (QED) is 0.387. The summed E-state index contributed by atoms with van der Waals surface area (Å²) in [4.78, 5) is 18.5. The molecule has 0 spiro atoms. The predicted octanol–water partition coefficient (Wildman–Crippen LogP) is 6.35.